The van der Waals surface area contributed by atoms with Crippen molar-refractivity contribution in [3.8, 4) is 5.75 Å². The van der Waals surface area contributed by atoms with Gasteiger partial charge in [-0.3, -0.25) is 4.79 Å². The Morgan fingerprint density at radius 2 is 2.10 bits per heavy atom. The lowest BCUT2D eigenvalue weighted by Crippen LogP contribution is -2.31. The summed E-state index contributed by atoms with van der Waals surface area (Å²) < 4.78 is 6.65. The van der Waals surface area contributed by atoms with E-state index in [1.165, 1.54) is 0 Å². The number of benzene rings is 2. The molecule has 3 nitrogen and oxygen atoms in total. The van der Waals surface area contributed by atoms with E-state index < -0.39 is 0 Å². The minimum atomic E-state index is 0.0881. The molecule has 1 amide bonds. The van der Waals surface area contributed by atoms with Crippen molar-refractivity contribution >= 4 is 39.1 Å². The molecule has 0 saturated carbocycles. The van der Waals surface area contributed by atoms with Crippen LogP contribution in [0.25, 0.3) is 0 Å². The van der Waals surface area contributed by atoms with Crippen LogP contribution in [0.4, 0.5) is 5.69 Å². The van der Waals surface area contributed by atoms with Crippen molar-refractivity contribution in [2.75, 3.05) is 18.1 Å². The van der Waals surface area contributed by atoms with Gasteiger partial charge >= 0.3 is 0 Å². The Hall–Kier alpha value is -1.52. The number of nitrogens with zero attached hydrogens (tertiary/aromatic N) is 1. The number of halogens is 2. The number of ether oxygens (including phenoxy) is 1. The van der Waals surface area contributed by atoms with E-state index in [4.69, 9.17) is 16.3 Å². The van der Waals surface area contributed by atoms with Crippen molar-refractivity contribution in [1.82, 2.24) is 0 Å². The van der Waals surface area contributed by atoms with E-state index in [0.29, 0.717) is 24.6 Å². The number of hydrogen-bond acceptors (Lipinski definition) is 2. The first kappa shape index (κ1) is 14.4. The third kappa shape index (κ3) is 3.22. The molecule has 0 atom stereocenters. The molecule has 0 bridgehead atoms. The maximum absolute atomic E-state index is 12.1. The molecule has 5 heteroatoms. The maximum atomic E-state index is 12.1. The molecule has 1 heterocycles. The topological polar surface area (TPSA) is 29.5 Å². The highest BCUT2D eigenvalue weighted by atomic mass is 79.9. The lowest BCUT2D eigenvalue weighted by atomic mass is 10.2. The fraction of sp³-hybridized carbons (Fsp3) is 0.188. The minimum Gasteiger partial charge on any atom is -0.492 e. The zero-order valence-electron chi connectivity index (χ0n) is 11.2. The molecule has 2 aromatic rings. The number of rotatable bonds is 4. The van der Waals surface area contributed by atoms with Gasteiger partial charge in [-0.15, -0.1) is 0 Å². The summed E-state index contributed by atoms with van der Waals surface area (Å²) in [6, 6.07) is 13.2. The molecule has 0 aliphatic carbocycles. The van der Waals surface area contributed by atoms with Gasteiger partial charge in [-0.2, -0.15) is 0 Å². The second-order valence-electron chi connectivity index (χ2n) is 4.80. The van der Waals surface area contributed by atoms with Crippen LogP contribution in [0, 0.1) is 0 Å². The Labute approximate surface area is 136 Å². The molecule has 0 unspecified atom stereocenters. The Balaban J connectivity index is 1.66. The maximum Gasteiger partial charge on any atom is 0.231 e. The summed E-state index contributed by atoms with van der Waals surface area (Å²) in [7, 11) is 0. The first-order valence-electron chi connectivity index (χ1n) is 6.60. The molecule has 0 aromatic heterocycles. The second kappa shape index (κ2) is 6.08. The van der Waals surface area contributed by atoms with E-state index >= 15 is 0 Å². The number of fused-ring (bicyclic) bond motifs is 1. The average molecular weight is 367 g/mol. The first-order valence-corrected chi connectivity index (χ1v) is 7.78. The molecule has 1 aliphatic rings. The van der Waals surface area contributed by atoms with Crippen molar-refractivity contribution in [3.63, 3.8) is 0 Å². The Morgan fingerprint density at radius 1 is 1.24 bits per heavy atom. The summed E-state index contributed by atoms with van der Waals surface area (Å²) in [5.74, 6) is 0.868. The van der Waals surface area contributed by atoms with Crippen LogP contribution in [0.1, 0.15) is 5.56 Å². The number of amides is 1. The van der Waals surface area contributed by atoms with Gasteiger partial charge in [-0.25, -0.2) is 0 Å². The second-order valence-corrected chi connectivity index (χ2v) is 6.15. The van der Waals surface area contributed by atoms with E-state index in [0.717, 1.165) is 21.5 Å². The zero-order chi connectivity index (χ0) is 14.8. The van der Waals surface area contributed by atoms with Gasteiger partial charge < -0.3 is 9.64 Å². The van der Waals surface area contributed by atoms with E-state index in [1.54, 1.807) is 4.90 Å². The Kier molecular flexibility index (Phi) is 4.17. The van der Waals surface area contributed by atoms with Crippen molar-refractivity contribution in [1.29, 1.82) is 0 Å². The summed E-state index contributed by atoms with van der Waals surface area (Å²) in [5, 5.41) is 0.640. The predicted octanol–water partition coefficient (Wildman–Crippen LogP) is 4.07. The van der Waals surface area contributed by atoms with Crippen molar-refractivity contribution in [2.24, 2.45) is 0 Å². The summed E-state index contributed by atoms with van der Waals surface area (Å²) in [4.78, 5) is 13.8. The van der Waals surface area contributed by atoms with E-state index in [-0.39, 0.29) is 5.91 Å². The van der Waals surface area contributed by atoms with Crippen LogP contribution in [0.15, 0.2) is 46.9 Å². The summed E-state index contributed by atoms with van der Waals surface area (Å²) in [6.07, 6.45) is 0.434. The van der Waals surface area contributed by atoms with Gasteiger partial charge in [0.15, 0.2) is 0 Å². The molecule has 2 aromatic carbocycles. The quantitative estimate of drug-likeness (QED) is 0.816. The summed E-state index contributed by atoms with van der Waals surface area (Å²) in [5.41, 5.74) is 1.91. The number of carbonyl (C=O) groups excluding carboxylic acids is 1. The summed E-state index contributed by atoms with van der Waals surface area (Å²) in [6.45, 7) is 0.951. The van der Waals surface area contributed by atoms with Crippen LogP contribution in [-0.2, 0) is 11.2 Å². The number of anilines is 1. The van der Waals surface area contributed by atoms with Crippen LogP contribution in [0.2, 0.25) is 5.02 Å². The monoisotopic (exact) mass is 365 g/mol. The Bertz CT molecular complexity index is 690. The largest absolute Gasteiger partial charge is 0.492 e. The lowest BCUT2D eigenvalue weighted by Gasteiger charge is -2.18. The first-order chi connectivity index (χ1) is 10.1. The Morgan fingerprint density at radius 3 is 2.90 bits per heavy atom. The molecule has 3 rings (SSSR count). The van der Waals surface area contributed by atoms with Gasteiger partial charge in [0.2, 0.25) is 5.91 Å². The molecule has 0 fully saturated rings. The number of hydrogen-bond donors (Lipinski definition) is 0. The highest BCUT2D eigenvalue weighted by molar-refractivity contribution is 9.10. The standard InChI is InChI=1S/C16H13BrClNO2/c17-12-2-1-3-14(9-12)21-7-6-19-15-10-13(18)5-4-11(15)8-16(19)20/h1-5,9-10H,6-8H2. The molecule has 0 radical (unpaired) electrons. The van der Waals surface area contributed by atoms with Crippen molar-refractivity contribution < 1.29 is 9.53 Å². The van der Waals surface area contributed by atoms with Crippen LogP contribution in [-0.4, -0.2) is 19.1 Å². The minimum absolute atomic E-state index is 0.0881. The molecular formula is C16H13BrClNO2. The normalized spacial score (nSPS) is 13.4. The van der Waals surface area contributed by atoms with Crippen LogP contribution in [0.5, 0.6) is 5.75 Å². The van der Waals surface area contributed by atoms with Crippen molar-refractivity contribution in [3.05, 3.63) is 57.5 Å². The highest BCUT2D eigenvalue weighted by Gasteiger charge is 2.27. The summed E-state index contributed by atoms with van der Waals surface area (Å²) >= 11 is 9.41. The molecule has 108 valence electrons. The zero-order valence-corrected chi connectivity index (χ0v) is 13.5. The predicted molar refractivity (Wildman–Crippen MR) is 87.1 cm³/mol. The molecule has 0 saturated heterocycles. The third-order valence-corrected chi connectivity index (χ3v) is 4.09. The highest BCUT2D eigenvalue weighted by Crippen LogP contribution is 2.31. The van der Waals surface area contributed by atoms with Gasteiger partial charge in [0.05, 0.1) is 13.0 Å². The van der Waals surface area contributed by atoms with Gasteiger partial charge in [-0.1, -0.05) is 39.7 Å². The third-order valence-electron chi connectivity index (χ3n) is 3.36. The van der Waals surface area contributed by atoms with Crippen molar-refractivity contribution in [2.45, 2.75) is 6.42 Å². The van der Waals surface area contributed by atoms with Crippen LogP contribution >= 0.6 is 27.5 Å². The number of carbonyl (C=O) groups is 1. The molecule has 0 N–H and O–H groups in total. The van der Waals surface area contributed by atoms with Crippen LogP contribution in [0.3, 0.4) is 0 Å². The molecular weight excluding hydrogens is 354 g/mol. The van der Waals surface area contributed by atoms with E-state index in [2.05, 4.69) is 15.9 Å². The van der Waals surface area contributed by atoms with Gasteiger partial charge in [-0.05, 0) is 35.9 Å². The molecule has 21 heavy (non-hydrogen) atoms. The van der Waals surface area contributed by atoms with E-state index in [9.17, 15) is 4.79 Å². The fourth-order valence-electron chi connectivity index (χ4n) is 2.39. The van der Waals surface area contributed by atoms with E-state index in [1.807, 2.05) is 42.5 Å². The lowest BCUT2D eigenvalue weighted by molar-refractivity contribution is -0.117. The SMILES string of the molecule is O=C1Cc2ccc(Cl)cc2N1CCOc1cccc(Br)c1. The smallest absolute Gasteiger partial charge is 0.231 e. The van der Waals surface area contributed by atoms with Gasteiger partial charge in [0.1, 0.15) is 12.4 Å². The molecule has 1 aliphatic heterocycles. The molecule has 0 spiro atoms. The van der Waals surface area contributed by atoms with Crippen LogP contribution < -0.4 is 9.64 Å². The van der Waals surface area contributed by atoms with Gasteiger partial charge in [0, 0.05) is 15.2 Å². The van der Waals surface area contributed by atoms with Gasteiger partial charge in [0.25, 0.3) is 0 Å². The fourth-order valence-corrected chi connectivity index (χ4v) is 2.93. The average Bonchev–Trinajstić information content (AvgIpc) is 2.75.